The Bertz CT molecular complexity index is 1370. The molecule has 1 amide bonds. The smallest absolute Gasteiger partial charge is 0.387 e. The average molecular weight is 480 g/mol. The number of ether oxygens (including phenoxy) is 2. The van der Waals surface area contributed by atoms with Crippen LogP contribution in [-0.4, -0.2) is 34.3 Å². The first-order valence-corrected chi connectivity index (χ1v) is 10.2. The first-order valence-electron chi connectivity index (χ1n) is 10.2. The Kier molecular flexibility index (Phi) is 6.67. The molecule has 9 nitrogen and oxygen atoms in total. The number of carbonyl (C=O) groups is 1. The van der Waals surface area contributed by atoms with Crippen LogP contribution in [-0.2, 0) is 0 Å². The summed E-state index contributed by atoms with van der Waals surface area (Å²) in [7, 11) is 1.51. The van der Waals surface area contributed by atoms with Gasteiger partial charge < -0.3 is 14.8 Å². The van der Waals surface area contributed by atoms with E-state index >= 15 is 0 Å². The number of nitrogens with zero attached hydrogens (tertiary/aromatic N) is 3. The van der Waals surface area contributed by atoms with Crippen molar-refractivity contribution in [3.05, 3.63) is 94.8 Å². The number of hydrogen-bond acceptors (Lipinski definition) is 6. The summed E-state index contributed by atoms with van der Waals surface area (Å²) in [6.45, 7) is -3.02. The number of aromatic nitrogens is 2. The SMILES string of the molecule is COc1ccc(-c2cc(NC(=O)c3ccn(-c4cccc([N+](=O)[O-])c4)n3)ccc2OC(F)F)cc1. The van der Waals surface area contributed by atoms with E-state index < -0.39 is 17.4 Å². The van der Waals surface area contributed by atoms with Crippen molar-refractivity contribution in [3.63, 3.8) is 0 Å². The van der Waals surface area contributed by atoms with E-state index in [1.165, 1.54) is 60.5 Å². The number of benzene rings is 3. The number of nitro groups is 1. The van der Waals surface area contributed by atoms with E-state index in [-0.39, 0.29) is 17.1 Å². The number of carbonyl (C=O) groups excluding carboxylic acids is 1. The molecule has 0 aliphatic heterocycles. The van der Waals surface area contributed by atoms with Gasteiger partial charge >= 0.3 is 6.61 Å². The van der Waals surface area contributed by atoms with Crippen molar-refractivity contribution in [2.24, 2.45) is 0 Å². The third-order valence-electron chi connectivity index (χ3n) is 4.98. The van der Waals surface area contributed by atoms with Crippen LogP contribution in [0.15, 0.2) is 79.0 Å². The fourth-order valence-electron chi connectivity index (χ4n) is 3.34. The lowest BCUT2D eigenvalue weighted by Crippen LogP contribution is -2.13. The Hall–Kier alpha value is -4.80. The lowest BCUT2D eigenvalue weighted by atomic mass is 10.0. The summed E-state index contributed by atoms with van der Waals surface area (Å²) in [6.07, 6.45) is 1.50. The van der Waals surface area contributed by atoms with Gasteiger partial charge in [-0.2, -0.15) is 13.9 Å². The molecule has 0 saturated carbocycles. The van der Waals surface area contributed by atoms with Crippen molar-refractivity contribution in [2.45, 2.75) is 6.61 Å². The first-order chi connectivity index (χ1) is 16.8. The topological polar surface area (TPSA) is 109 Å². The number of nitro benzene ring substituents is 1. The number of rotatable bonds is 8. The molecule has 0 unspecified atom stereocenters. The second-order valence-electron chi connectivity index (χ2n) is 7.19. The van der Waals surface area contributed by atoms with Gasteiger partial charge in [0.1, 0.15) is 11.5 Å². The van der Waals surface area contributed by atoms with Crippen LogP contribution in [0.2, 0.25) is 0 Å². The van der Waals surface area contributed by atoms with Gasteiger partial charge in [0.25, 0.3) is 11.6 Å². The van der Waals surface area contributed by atoms with Crippen molar-refractivity contribution in [2.75, 3.05) is 12.4 Å². The largest absolute Gasteiger partial charge is 0.497 e. The summed E-state index contributed by atoms with van der Waals surface area (Å²) >= 11 is 0. The van der Waals surface area contributed by atoms with E-state index in [1.807, 2.05) is 0 Å². The molecule has 4 aromatic rings. The molecule has 0 bridgehead atoms. The van der Waals surface area contributed by atoms with Crippen molar-refractivity contribution >= 4 is 17.3 Å². The zero-order valence-electron chi connectivity index (χ0n) is 18.2. The van der Waals surface area contributed by atoms with Crippen molar-refractivity contribution < 1.29 is 28.0 Å². The van der Waals surface area contributed by atoms with Crippen molar-refractivity contribution in [1.29, 1.82) is 0 Å². The molecule has 0 saturated heterocycles. The second-order valence-corrected chi connectivity index (χ2v) is 7.19. The minimum absolute atomic E-state index is 0.0513. The van der Waals surface area contributed by atoms with Gasteiger partial charge in [-0.3, -0.25) is 14.9 Å². The second kappa shape index (κ2) is 10.00. The summed E-state index contributed by atoms with van der Waals surface area (Å²) in [5.74, 6) is -0.0237. The van der Waals surface area contributed by atoms with Gasteiger partial charge in [-0.1, -0.05) is 18.2 Å². The summed E-state index contributed by atoms with van der Waals surface area (Å²) in [6, 6.07) is 18.2. The Morgan fingerprint density at radius 2 is 1.86 bits per heavy atom. The maximum absolute atomic E-state index is 12.9. The van der Waals surface area contributed by atoms with Gasteiger partial charge in [-0.05, 0) is 48.0 Å². The van der Waals surface area contributed by atoms with Gasteiger partial charge in [0.15, 0.2) is 5.69 Å². The number of hydrogen-bond donors (Lipinski definition) is 1. The molecule has 0 aliphatic carbocycles. The number of alkyl halides is 2. The average Bonchev–Trinajstić information content (AvgIpc) is 3.35. The van der Waals surface area contributed by atoms with Crippen LogP contribution in [0.5, 0.6) is 11.5 Å². The molecular formula is C24H18F2N4O5. The Balaban J connectivity index is 1.58. The van der Waals surface area contributed by atoms with Gasteiger partial charge in [0.05, 0.1) is 17.7 Å². The lowest BCUT2D eigenvalue weighted by Gasteiger charge is -2.13. The normalized spacial score (nSPS) is 10.7. The fourth-order valence-corrected chi connectivity index (χ4v) is 3.34. The number of methoxy groups -OCH3 is 1. The molecule has 0 radical (unpaired) electrons. The third kappa shape index (κ3) is 5.41. The molecule has 1 heterocycles. The lowest BCUT2D eigenvalue weighted by molar-refractivity contribution is -0.384. The molecule has 178 valence electrons. The molecule has 0 aliphatic rings. The highest BCUT2D eigenvalue weighted by Gasteiger charge is 2.16. The highest BCUT2D eigenvalue weighted by atomic mass is 19.3. The van der Waals surface area contributed by atoms with E-state index in [4.69, 9.17) is 4.74 Å². The quantitative estimate of drug-likeness (QED) is 0.270. The molecule has 4 rings (SSSR count). The summed E-state index contributed by atoms with van der Waals surface area (Å²) < 4.78 is 36.9. The Labute approximate surface area is 197 Å². The monoisotopic (exact) mass is 480 g/mol. The van der Waals surface area contributed by atoms with E-state index in [9.17, 15) is 23.7 Å². The predicted molar refractivity (Wildman–Crippen MR) is 123 cm³/mol. The molecule has 0 spiro atoms. The highest BCUT2D eigenvalue weighted by molar-refractivity contribution is 6.03. The summed E-state index contributed by atoms with van der Waals surface area (Å²) in [5.41, 5.74) is 1.60. The number of non-ortho nitro benzene ring substituents is 1. The number of anilines is 1. The van der Waals surface area contributed by atoms with Crippen LogP contribution in [0, 0.1) is 10.1 Å². The van der Waals surface area contributed by atoms with E-state index in [2.05, 4.69) is 15.2 Å². The Morgan fingerprint density at radius 3 is 2.54 bits per heavy atom. The molecule has 1 N–H and O–H groups in total. The Morgan fingerprint density at radius 1 is 1.09 bits per heavy atom. The summed E-state index contributed by atoms with van der Waals surface area (Å²) in [4.78, 5) is 23.2. The zero-order valence-corrected chi connectivity index (χ0v) is 18.2. The zero-order chi connectivity index (χ0) is 24.9. The van der Waals surface area contributed by atoms with Crippen LogP contribution in [0.25, 0.3) is 16.8 Å². The molecule has 11 heteroatoms. The van der Waals surface area contributed by atoms with E-state index in [0.717, 1.165) is 0 Å². The van der Waals surface area contributed by atoms with Crippen LogP contribution >= 0.6 is 0 Å². The molecular weight excluding hydrogens is 462 g/mol. The van der Waals surface area contributed by atoms with E-state index in [1.54, 1.807) is 30.3 Å². The molecule has 0 atom stereocenters. The van der Waals surface area contributed by atoms with Gasteiger partial charge in [-0.15, -0.1) is 0 Å². The number of nitrogens with one attached hydrogen (secondary N) is 1. The first kappa shape index (κ1) is 23.4. The fraction of sp³-hybridized carbons (Fsp3) is 0.0833. The van der Waals surface area contributed by atoms with E-state index in [0.29, 0.717) is 28.3 Å². The highest BCUT2D eigenvalue weighted by Crippen LogP contribution is 2.34. The van der Waals surface area contributed by atoms with Crippen LogP contribution in [0.3, 0.4) is 0 Å². The minimum atomic E-state index is -3.02. The van der Waals surface area contributed by atoms with Gasteiger partial charge in [0, 0.05) is 29.6 Å². The van der Waals surface area contributed by atoms with Crippen molar-refractivity contribution in [3.8, 4) is 28.3 Å². The van der Waals surface area contributed by atoms with Gasteiger partial charge in [0.2, 0.25) is 0 Å². The number of amides is 1. The van der Waals surface area contributed by atoms with Crippen molar-refractivity contribution in [1.82, 2.24) is 9.78 Å². The summed E-state index contributed by atoms with van der Waals surface area (Å²) in [5, 5.41) is 17.9. The van der Waals surface area contributed by atoms with Crippen LogP contribution < -0.4 is 14.8 Å². The van der Waals surface area contributed by atoms with Crippen LogP contribution in [0.4, 0.5) is 20.2 Å². The molecule has 35 heavy (non-hydrogen) atoms. The predicted octanol–water partition coefficient (Wildman–Crippen LogP) is 5.31. The van der Waals surface area contributed by atoms with Gasteiger partial charge in [-0.25, -0.2) is 4.68 Å². The maximum atomic E-state index is 12.9. The van der Waals surface area contributed by atoms with Crippen LogP contribution in [0.1, 0.15) is 10.5 Å². The number of halogens is 2. The standard InChI is InChI=1S/C24H18F2N4O5/c1-34-19-8-5-15(6-9-19)20-13-16(7-10-22(20)35-24(25)26)27-23(31)21-11-12-29(28-21)17-3-2-4-18(14-17)30(32)33/h2-14,24H,1H3,(H,27,31). The minimum Gasteiger partial charge on any atom is -0.497 e. The molecule has 3 aromatic carbocycles. The maximum Gasteiger partial charge on any atom is 0.387 e. The third-order valence-corrected chi connectivity index (χ3v) is 4.98. The molecule has 1 aromatic heterocycles. The molecule has 0 fully saturated rings.